The van der Waals surface area contributed by atoms with Crippen LogP contribution in [-0.4, -0.2) is 25.5 Å². The van der Waals surface area contributed by atoms with Gasteiger partial charge in [-0.3, -0.25) is 9.48 Å². The number of benzene rings is 2. The number of halogens is 2. The highest BCUT2D eigenvalue weighted by Crippen LogP contribution is 2.20. The Morgan fingerprint density at radius 1 is 1.15 bits per heavy atom. The van der Waals surface area contributed by atoms with E-state index in [1.807, 2.05) is 24.3 Å². The Bertz CT molecular complexity index is 1250. The summed E-state index contributed by atoms with van der Waals surface area (Å²) in [4.78, 5) is 12.5. The zero-order chi connectivity index (χ0) is 23.4. The summed E-state index contributed by atoms with van der Waals surface area (Å²) >= 11 is 6.07. The van der Waals surface area contributed by atoms with Crippen LogP contribution in [0.2, 0.25) is 5.02 Å². The van der Waals surface area contributed by atoms with Gasteiger partial charge in [0.05, 0.1) is 18.4 Å². The van der Waals surface area contributed by atoms with E-state index in [9.17, 15) is 9.18 Å². The molecule has 0 spiro atoms. The molecule has 0 atom stereocenters. The van der Waals surface area contributed by atoms with Crippen molar-refractivity contribution in [1.82, 2.24) is 19.6 Å². The lowest BCUT2D eigenvalue weighted by Gasteiger charge is -2.09. The molecule has 0 aliphatic heterocycles. The van der Waals surface area contributed by atoms with Crippen LogP contribution in [0.25, 0.3) is 0 Å². The number of ether oxygens (including phenoxy) is 1. The minimum Gasteiger partial charge on any atom is -0.471 e. The second-order valence-electron chi connectivity index (χ2n) is 7.85. The van der Waals surface area contributed by atoms with Crippen molar-refractivity contribution in [2.24, 2.45) is 0 Å². The maximum Gasteiger partial charge on any atom is 0.276 e. The van der Waals surface area contributed by atoms with Gasteiger partial charge in [0.1, 0.15) is 11.6 Å². The summed E-state index contributed by atoms with van der Waals surface area (Å²) in [6.07, 6.45) is 4.87. The third-order valence-electron chi connectivity index (χ3n) is 5.02. The Labute approximate surface area is 195 Å². The summed E-state index contributed by atoms with van der Waals surface area (Å²) in [5.41, 5.74) is 2.72. The van der Waals surface area contributed by atoms with Gasteiger partial charge in [0.2, 0.25) is 0 Å². The number of carbonyl (C=O) groups is 1. The van der Waals surface area contributed by atoms with Gasteiger partial charge in [-0.25, -0.2) is 9.07 Å². The Hall–Kier alpha value is -3.65. The Morgan fingerprint density at radius 3 is 2.67 bits per heavy atom. The van der Waals surface area contributed by atoms with E-state index in [1.54, 1.807) is 33.9 Å². The summed E-state index contributed by atoms with van der Waals surface area (Å²) in [6, 6.07) is 13.7. The molecule has 0 aliphatic rings. The molecule has 9 heteroatoms. The number of nitrogens with zero attached hydrogens (tertiary/aromatic N) is 4. The van der Waals surface area contributed by atoms with Crippen LogP contribution in [0, 0.1) is 5.82 Å². The SMILES string of the molecule is CC(C)c1ccc(OCn2ccc(C(=O)Nc3cnn(Cc4ccc(F)cc4Cl)c3)n2)cc1. The Morgan fingerprint density at radius 2 is 1.94 bits per heavy atom. The molecule has 7 nitrogen and oxygen atoms in total. The van der Waals surface area contributed by atoms with Crippen molar-refractivity contribution in [2.75, 3.05) is 5.32 Å². The van der Waals surface area contributed by atoms with Crippen LogP contribution in [0.5, 0.6) is 5.75 Å². The standard InChI is InChI=1S/C24H23ClFN5O2/c1-16(2)17-4-7-21(8-5-17)33-15-30-10-9-23(29-30)24(32)28-20-12-27-31(14-20)13-18-3-6-19(26)11-22(18)25/h3-12,14,16H,13,15H2,1-2H3,(H,28,32). The Kier molecular flexibility index (Phi) is 6.74. The maximum atomic E-state index is 13.2. The van der Waals surface area contributed by atoms with Crippen molar-refractivity contribution in [3.05, 3.63) is 94.8 Å². The van der Waals surface area contributed by atoms with Crippen LogP contribution in [0.4, 0.5) is 10.1 Å². The number of hydrogen-bond donors (Lipinski definition) is 1. The number of nitrogens with one attached hydrogen (secondary N) is 1. The molecular weight excluding hydrogens is 445 g/mol. The lowest BCUT2D eigenvalue weighted by Crippen LogP contribution is -2.14. The molecule has 2 aromatic heterocycles. The molecule has 33 heavy (non-hydrogen) atoms. The van der Waals surface area contributed by atoms with Gasteiger partial charge in [-0.2, -0.15) is 10.2 Å². The molecule has 1 amide bonds. The molecule has 0 fully saturated rings. The molecule has 1 N–H and O–H groups in total. The van der Waals surface area contributed by atoms with E-state index in [0.29, 0.717) is 23.2 Å². The van der Waals surface area contributed by atoms with Gasteiger partial charge < -0.3 is 10.1 Å². The van der Waals surface area contributed by atoms with E-state index in [-0.39, 0.29) is 18.3 Å². The summed E-state index contributed by atoms with van der Waals surface area (Å²) in [5.74, 6) is 0.425. The number of amides is 1. The number of carbonyl (C=O) groups excluding carboxylic acids is 1. The normalized spacial score (nSPS) is 11.1. The zero-order valence-corrected chi connectivity index (χ0v) is 19.0. The van der Waals surface area contributed by atoms with E-state index in [1.165, 1.54) is 23.9 Å². The topological polar surface area (TPSA) is 74.0 Å². The molecule has 170 valence electrons. The van der Waals surface area contributed by atoms with Gasteiger partial charge in [-0.1, -0.05) is 43.6 Å². The van der Waals surface area contributed by atoms with Crippen LogP contribution in [-0.2, 0) is 13.3 Å². The van der Waals surface area contributed by atoms with Gasteiger partial charge in [-0.05, 0) is 47.4 Å². The van der Waals surface area contributed by atoms with Gasteiger partial charge >= 0.3 is 0 Å². The fourth-order valence-corrected chi connectivity index (χ4v) is 3.41. The van der Waals surface area contributed by atoms with E-state index >= 15 is 0 Å². The largest absolute Gasteiger partial charge is 0.471 e. The van der Waals surface area contributed by atoms with Crippen molar-refractivity contribution in [2.45, 2.75) is 33.0 Å². The van der Waals surface area contributed by atoms with E-state index in [4.69, 9.17) is 16.3 Å². The Balaban J connectivity index is 1.32. The highest BCUT2D eigenvalue weighted by Gasteiger charge is 2.12. The number of aromatic nitrogens is 4. The molecule has 0 bridgehead atoms. The fraction of sp³-hybridized carbons (Fsp3) is 0.208. The first-order valence-electron chi connectivity index (χ1n) is 10.4. The van der Waals surface area contributed by atoms with Crippen LogP contribution in [0.15, 0.2) is 67.1 Å². The van der Waals surface area contributed by atoms with Crippen molar-refractivity contribution >= 4 is 23.2 Å². The van der Waals surface area contributed by atoms with Crippen molar-refractivity contribution < 1.29 is 13.9 Å². The number of rotatable bonds is 8. The number of anilines is 1. The third kappa shape index (κ3) is 5.78. The van der Waals surface area contributed by atoms with Crippen molar-refractivity contribution in [3.8, 4) is 5.75 Å². The fourth-order valence-electron chi connectivity index (χ4n) is 3.18. The summed E-state index contributed by atoms with van der Waals surface area (Å²) in [6.45, 7) is 4.81. The highest BCUT2D eigenvalue weighted by molar-refractivity contribution is 6.31. The van der Waals surface area contributed by atoms with E-state index in [0.717, 1.165) is 11.3 Å². The second-order valence-corrected chi connectivity index (χ2v) is 8.26. The van der Waals surface area contributed by atoms with Gasteiger partial charge in [0.15, 0.2) is 12.4 Å². The zero-order valence-electron chi connectivity index (χ0n) is 18.2. The minimum atomic E-state index is -0.397. The molecular formula is C24H23ClFN5O2. The molecule has 0 unspecified atom stereocenters. The predicted octanol–water partition coefficient (Wildman–Crippen LogP) is 5.33. The quantitative estimate of drug-likeness (QED) is 0.380. The van der Waals surface area contributed by atoms with E-state index in [2.05, 4.69) is 29.4 Å². The molecule has 0 aliphatic carbocycles. The second kappa shape index (κ2) is 9.87. The van der Waals surface area contributed by atoms with Crippen LogP contribution >= 0.6 is 11.6 Å². The molecule has 0 saturated carbocycles. The van der Waals surface area contributed by atoms with Gasteiger partial charge in [-0.15, -0.1) is 0 Å². The first kappa shape index (κ1) is 22.5. The average Bonchev–Trinajstić information content (AvgIpc) is 3.44. The predicted molar refractivity (Wildman–Crippen MR) is 124 cm³/mol. The molecule has 2 heterocycles. The molecule has 0 saturated heterocycles. The molecule has 2 aromatic carbocycles. The van der Waals surface area contributed by atoms with Crippen molar-refractivity contribution in [1.29, 1.82) is 0 Å². The molecule has 4 rings (SSSR count). The van der Waals surface area contributed by atoms with E-state index < -0.39 is 5.82 Å². The monoisotopic (exact) mass is 467 g/mol. The minimum absolute atomic E-state index is 0.185. The van der Waals surface area contributed by atoms with Gasteiger partial charge in [0.25, 0.3) is 5.91 Å². The van der Waals surface area contributed by atoms with Gasteiger partial charge in [0, 0.05) is 17.4 Å². The first-order chi connectivity index (χ1) is 15.9. The summed E-state index contributed by atoms with van der Waals surface area (Å²) in [5, 5.41) is 11.6. The van der Waals surface area contributed by atoms with Crippen LogP contribution in [0.3, 0.4) is 0 Å². The maximum absolute atomic E-state index is 13.2. The van der Waals surface area contributed by atoms with Crippen molar-refractivity contribution in [3.63, 3.8) is 0 Å². The first-order valence-corrected chi connectivity index (χ1v) is 10.8. The average molecular weight is 468 g/mol. The molecule has 4 aromatic rings. The summed E-state index contributed by atoms with van der Waals surface area (Å²) < 4.78 is 22.1. The highest BCUT2D eigenvalue weighted by atomic mass is 35.5. The van der Waals surface area contributed by atoms with Crippen LogP contribution in [0.1, 0.15) is 41.4 Å². The lowest BCUT2D eigenvalue weighted by molar-refractivity contribution is 0.102. The van der Waals surface area contributed by atoms with Crippen LogP contribution < -0.4 is 10.1 Å². The smallest absolute Gasteiger partial charge is 0.276 e. The molecule has 0 radical (unpaired) electrons. The number of hydrogen-bond acceptors (Lipinski definition) is 4. The third-order valence-corrected chi connectivity index (χ3v) is 5.37. The summed E-state index contributed by atoms with van der Waals surface area (Å²) in [7, 11) is 0. The lowest BCUT2D eigenvalue weighted by atomic mass is 10.0.